The minimum absolute atomic E-state index is 0.0174. The molecule has 0 aromatic heterocycles. The van der Waals surface area contributed by atoms with E-state index in [1.54, 1.807) is 13.0 Å². The highest BCUT2D eigenvalue weighted by Crippen LogP contribution is 2.31. The molecule has 8 heteroatoms. The second-order valence-electron chi connectivity index (χ2n) is 5.90. The van der Waals surface area contributed by atoms with Gasteiger partial charge in [-0.15, -0.1) is 0 Å². The van der Waals surface area contributed by atoms with Crippen molar-refractivity contribution in [3.05, 3.63) is 54.1 Å². The van der Waals surface area contributed by atoms with E-state index in [9.17, 15) is 13.2 Å². The van der Waals surface area contributed by atoms with Crippen LogP contribution in [0.3, 0.4) is 0 Å². The van der Waals surface area contributed by atoms with Crippen molar-refractivity contribution in [1.82, 2.24) is 4.31 Å². The lowest BCUT2D eigenvalue weighted by molar-refractivity contribution is -0.143. The maximum Gasteiger partial charge on any atom is 0.307 e. The van der Waals surface area contributed by atoms with Crippen LogP contribution in [0.15, 0.2) is 53.4 Å². The highest BCUT2D eigenvalue weighted by atomic mass is 32.2. The van der Waals surface area contributed by atoms with E-state index in [4.69, 9.17) is 14.2 Å². The van der Waals surface area contributed by atoms with Crippen molar-refractivity contribution in [1.29, 1.82) is 0 Å². The molecule has 0 amide bonds. The van der Waals surface area contributed by atoms with Crippen LogP contribution in [-0.4, -0.2) is 46.1 Å². The highest BCUT2D eigenvalue weighted by Gasteiger charge is 2.29. The van der Waals surface area contributed by atoms with Gasteiger partial charge in [-0.3, -0.25) is 4.79 Å². The average molecular weight is 407 g/mol. The summed E-state index contributed by atoms with van der Waals surface area (Å²) in [7, 11) is -1.10. The minimum Gasteiger partial charge on any atom is -0.497 e. The van der Waals surface area contributed by atoms with Crippen molar-refractivity contribution in [2.45, 2.75) is 24.8 Å². The van der Waals surface area contributed by atoms with Crippen molar-refractivity contribution in [3.63, 3.8) is 0 Å². The standard InChI is InChI=1S/C20H25NO6S/c1-4-27-20(22)12-13-21(15-16-8-6-5-7-9-16)28(23,24)19-14-17(25-2)10-11-18(19)26-3/h5-11,14H,4,12-13,15H2,1-3H3. The Bertz CT molecular complexity index is 883. The minimum atomic E-state index is -3.96. The molecule has 0 heterocycles. The number of ether oxygens (including phenoxy) is 3. The van der Waals surface area contributed by atoms with Gasteiger partial charge in [-0.1, -0.05) is 30.3 Å². The van der Waals surface area contributed by atoms with Crippen LogP contribution in [0.25, 0.3) is 0 Å². The van der Waals surface area contributed by atoms with Gasteiger partial charge in [0.1, 0.15) is 16.4 Å². The van der Waals surface area contributed by atoms with Crippen LogP contribution in [0.5, 0.6) is 11.5 Å². The molecule has 0 unspecified atom stereocenters. The van der Waals surface area contributed by atoms with Gasteiger partial charge in [0.25, 0.3) is 0 Å². The van der Waals surface area contributed by atoms with E-state index in [0.717, 1.165) is 5.56 Å². The second-order valence-corrected chi connectivity index (χ2v) is 7.80. The van der Waals surface area contributed by atoms with Gasteiger partial charge in [-0.05, 0) is 24.6 Å². The summed E-state index contributed by atoms with van der Waals surface area (Å²) in [5.74, 6) is 0.146. The van der Waals surface area contributed by atoms with E-state index in [1.807, 2.05) is 30.3 Å². The van der Waals surface area contributed by atoms with Crippen LogP contribution in [0.4, 0.5) is 0 Å². The van der Waals surface area contributed by atoms with E-state index in [2.05, 4.69) is 0 Å². The summed E-state index contributed by atoms with van der Waals surface area (Å²) in [6.07, 6.45) is -0.0494. The maximum absolute atomic E-state index is 13.4. The molecule has 0 atom stereocenters. The molecule has 2 aromatic rings. The lowest BCUT2D eigenvalue weighted by Crippen LogP contribution is -2.33. The first-order chi connectivity index (χ1) is 13.4. The van der Waals surface area contributed by atoms with Gasteiger partial charge in [-0.25, -0.2) is 8.42 Å². The van der Waals surface area contributed by atoms with Crippen molar-refractivity contribution >= 4 is 16.0 Å². The fourth-order valence-corrected chi connectivity index (χ4v) is 4.24. The Balaban J connectivity index is 2.40. The number of carbonyl (C=O) groups is 1. The number of methoxy groups -OCH3 is 2. The van der Waals surface area contributed by atoms with Crippen LogP contribution in [0.2, 0.25) is 0 Å². The number of hydrogen-bond donors (Lipinski definition) is 0. The van der Waals surface area contributed by atoms with Gasteiger partial charge in [0.05, 0.1) is 27.2 Å². The normalized spacial score (nSPS) is 11.3. The quantitative estimate of drug-likeness (QED) is 0.563. The first-order valence-electron chi connectivity index (χ1n) is 8.84. The van der Waals surface area contributed by atoms with E-state index < -0.39 is 16.0 Å². The third-order valence-corrected chi connectivity index (χ3v) is 5.93. The molecule has 0 saturated heterocycles. The summed E-state index contributed by atoms with van der Waals surface area (Å²) in [6.45, 7) is 2.05. The van der Waals surface area contributed by atoms with E-state index >= 15 is 0 Å². The summed E-state index contributed by atoms with van der Waals surface area (Å²) in [6, 6.07) is 13.7. The maximum atomic E-state index is 13.4. The molecule has 0 spiro atoms. The fraction of sp³-hybridized carbons (Fsp3) is 0.350. The third kappa shape index (κ3) is 5.46. The van der Waals surface area contributed by atoms with Gasteiger partial charge in [0.15, 0.2) is 0 Å². The average Bonchev–Trinajstić information content (AvgIpc) is 2.71. The zero-order valence-electron chi connectivity index (χ0n) is 16.3. The summed E-state index contributed by atoms with van der Waals surface area (Å²) < 4.78 is 43.4. The molecule has 0 radical (unpaired) electrons. The Morgan fingerprint density at radius 1 is 1.04 bits per heavy atom. The number of nitrogens with zero attached hydrogens (tertiary/aromatic N) is 1. The van der Waals surface area contributed by atoms with Gasteiger partial charge >= 0.3 is 5.97 Å². The monoisotopic (exact) mass is 407 g/mol. The van der Waals surface area contributed by atoms with E-state index in [1.165, 1.54) is 30.7 Å². The number of carbonyl (C=O) groups excluding carboxylic acids is 1. The predicted octanol–water partition coefficient (Wildman–Crippen LogP) is 2.85. The highest BCUT2D eigenvalue weighted by molar-refractivity contribution is 7.89. The molecule has 0 aliphatic heterocycles. The molecule has 0 N–H and O–H groups in total. The predicted molar refractivity (Wildman–Crippen MR) is 105 cm³/mol. The first-order valence-corrected chi connectivity index (χ1v) is 10.3. The molecule has 28 heavy (non-hydrogen) atoms. The van der Waals surface area contributed by atoms with Gasteiger partial charge in [0.2, 0.25) is 10.0 Å². The van der Waals surface area contributed by atoms with Crippen molar-refractivity contribution < 1.29 is 27.4 Å². The molecule has 2 rings (SSSR count). The molecule has 0 bridgehead atoms. The molecule has 152 valence electrons. The number of benzene rings is 2. The van der Waals surface area contributed by atoms with Crippen LogP contribution < -0.4 is 9.47 Å². The lowest BCUT2D eigenvalue weighted by atomic mass is 10.2. The Hall–Kier alpha value is -2.58. The second kappa shape index (κ2) is 10.1. The van der Waals surface area contributed by atoms with Gasteiger partial charge in [-0.2, -0.15) is 4.31 Å². The number of esters is 1. The topological polar surface area (TPSA) is 82.1 Å². The van der Waals surface area contributed by atoms with Crippen molar-refractivity contribution in [2.75, 3.05) is 27.4 Å². The zero-order chi connectivity index (χ0) is 20.6. The Morgan fingerprint density at radius 3 is 2.36 bits per heavy atom. The summed E-state index contributed by atoms with van der Waals surface area (Å²) in [4.78, 5) is 11.8. The van der Waals surface area contributed by atoms with Crippen molar-refractivity contribution in [3.8, 4) is 11.5 Å². The third-order valence-electron chi connectivity index (χ3n) is 4.06. The molecule has 0 aliphatic carbocycles. The molecule has 0 fully saturated rings. The lowest BCUT2D eigenvalue weighted by Gasteiger charge is -2.23. The van der Waals surface area contributed by atoms with Crippen LogP contribution in [0.1, 0.15) is 18.9 Å². The zero-order valence-corrected chi connectivity index (χ0v) is 17.1. The van der Waals surface area contributed by atoms with Crippen LogP contribution in [-0.2, 0) is 26.1 Å². The molecule has 0 saturated carbocycles. The Morgan fingerprint density at radius 2 is 1.75 bits per heavy atom. The molecule has 0 aliphatic rings. The van der Waals surface area contributed by atoms with E-state index in [-0.39, 0.29) is 36.8 Å². The number of hydrogen-bond acceptors (Lipinski definition) is 6. The van der Waals surface area contributed by atoms with Gasteiger partial charge < -0.3 is 14.2 Å². The van der Waals surface area contributed by atoms with Crippen molar-refractivity contribution in [2.24, 2.45) is 0 Å². The summed E-state index contributed by atoms with van der Waals surface area (Å²) in [5, 5.41) is 0. The number of sulfonamides is 1. The van der Waals surface area contributed by atoms with Crippen LogP contribution in [0, 0.1) is 0 Å². The van der Waals surface area contributed by atoms with E-state index in [0.29, 0.717) is 5.75 Å². The fourth-order valence-electron chi connectivity index (χ4n) is 2.65. The van der Waals surface area contributed by atoms with Gasteiger partial charge in [0, 0.05) is 19.2 Å². The smallest absolute Gasteiger partial charge is 0.307 e. The molecule has 7 nitrogen and oxygen atoms in total. The largest absolute Gasteiger partial charge is 0.497 e. The summed E-state index contributed by atoms with van der Waals surface area (Å²) >= 11 is 0. The van der Waals surface area contributed by atoms with Crippen LogP contribution >= 0.6 is 0 Å². The first kappa shape index (κ1) is 21.7. The molecular formula is C20H25NO6S. The number of rotatable bonds is 10. The molecule has 2 aromatic carbocycles. The molecular weight excluding hydrogens is 382 g/mol. The SMILES string of the molecule is CCOC(=O)CCN(Cc1ccccc1)S(=O)(=O)c1cc(OC)ccc1OC. The Kier molecular flexibility index (Phi) is 7.83. The summed E-state index contributed by atoms with van der Waals surface area (Å²) in [5.41, 5.74) is 0.803. The Labute approximate surface area is 165 Å².